The molecular weight excluding hydrogens is 298 g/mol. The summed E-state index contributed by atoms with van der Waals surface area (Å²) < 4.78 is 1.90. The Bertz CT molecular complexity index is 473. The zero-order valence-electron chi connectivity index (χ0n) is 10.5. The van der Waals surface area contributed by atoms with Gasteiger partial charge < -0.3 is 10.0 Å². The van der Waals surface area contributed by atoms with E-state index in [1.54, 1.807) is 13.2 Å². The van der Waals surface area contributed by atoms with E-state index in [-0.39, 0.29) is 12.2 Å². The molecule has 1 N–H and O–H groups in total. The van der Waals surface area contributed by atoms with Crippen LogP contribution in [-0.4, -0.2) is 34.6 Å². The SMILES string of the molecule is Cn1ncc(N2CCCC(CCO)C2)c(Br)c1=O. The molecule has 0 spiro atoms. The molecule has 1 aromatic heterocycles. The lowest BCUT2D eigenvalue weighted by Crippen LogP contribution is -2.37. The Labute approximate surface area is 115 Å². The van der Waals surface area contributed by atoms with Gasteiger partial charge in [-0.2, -0.15) is 5.10 Å². The van der Waals surface area contributed by atoms with E-state index >= 15 is 0 Å². The van der Waals surface area contributed by atoms with E-state index < -0.39 is 0 Å². The minimum Gasteiger partial charge on any atom is -0.396 e. The van der Waals surface area contributed by atoms with Gasteiger partial charge in [-0.15, -0.1) is 0 Å². The Hall–Kier alpha value is -0.880. The van der Waals surface area contributed by atoms with Crippen LogP contribution >= 0.6 is 15.9 Å². The van der Waals surface area contributed by atoms with Gasteiger partial charge in [0, 0.05) is 26.7 Å². The average Bonchev–Trinajstić information content (AvgIpc) is 2.37. The summed E-state index contributed by atoms with van der Waals surface area (Å²) in [5.41, 5.74) is 0.748. The van der Waals surface area contributed by atoms with Crippen molar-refractivity contribution < 1.29 is 5.11 Å². The molecule has 0 bridgehead atoms. The Morgan fingerprint density at radius 3 is 3.11 bits per heavy atom. The molecule has 1 aliphatic rings. The number of rotatable bonds is 3. The number of aromatic nitrogens is 2. The third kappa shape index (κ3) is 2.75. The number of piperidine rings is 1. The van der Waals surface area contributed by atoms with E-state index in [9.17, 15) is 4.79 Å². The molecule has 6 heteroatoms. The number of hydrogen-bond donors (Lipinski definition) is 1. The van der Waals surface area contributed by atoms with Crippen molar-refractivity contribution in [2.45, 2.75) is 19.3 Å². The predicted molar refractivity (Wildman–Crippen MR) is 73.8 cm³/mol. The summed E-state index contributed by atoms with van der Waals surface area (Å²) in [4.78, 5) is 14.0. The first-order valence-corrected chi connectivity index (χ1v) is 7.00. The first kappa shape index (κ1) is 13.5. The van der Waals surface area contributed by atoms with Crippen LogP contribution in [0.2, 0.25) is 0 Å². The maximum Gasteiger partial charge on any atom is 0.282 e. The van der Waals surface area contributed by atoms with Gasteiger partial charge in [-0.05, 0) is 41.1 Å². The molecule has 100 valence electrons. The number of aliphatic hydroxyl groups is 1. The Morgan fingerprint density at radius 2 is 2.39 bits per heavy atom. The summed E-state index contributed by atoms with van der Waals surface area (Å²) in [6, 6.07) is 0. The first-order valence-electron chi connectivity index (χ1n) is 6.21. The van der Waals surface area contributed by atoms with Crippen LogP contribution in [0, 0.1) is 5.92 Å². The van der Waals surface area contributed by atoms with Crippen LogP contribution in [0.3, 0.4) is 0 Å². The molecule has 0 aromatic carbocycles. The zero-order chi connectivity index (χ0) is 13.1. The van der Waals surface area contributed by atoms with Crippen molar-refractivity contribution in [1.82, 2.24) is 9.78 Å². The number of hydrogen-bond acceptors (Lipinski definition) is 4. The summed E-state index contributed by atoms with van der Waals surface area (Å²) in [5, 5.41) is 13.1. The van der Waals surface area contributed by atoms with Gasteiger partial charge in [0.05, 0.1) is 11.9 Å². The summed E-state index contributed by atoms with van der Waals surface area (Å²) in [6.45, 7) is 2.05. The van der Waals surface area contributed by atoms with Crippen LogP contribution in [-0.2, 0) is 7.05 Å². The van der Waals surface area contributed by atoms with Gasteiger partial charge in [-0.1, -0.05) is 0 Å². The molecule has 2 heterocycles. The highest BCUT2D eigenvalue weighted by atomic mass is 79.9. The van der Waals surface area contributed by atoms with Crippen LogP contribution in [0.4, 0.5) is 5.69 Å². The molecule has 5 nitrogen and oxygen atoms in total. The highest BCUT2D eigenvalue weighted by molar-refractivity contribution is 9.10. The second-order valence-corrected chi connectivity index (χ2v) is 5.53. The van der Waals surface area contributed by atoms with Gasteiger partial charge in [0.1, 0.15) is 4.47 Å². The number of nitrogens with zero attached hydrogens (tertiary/aromatic N) is 3. The van der Waals surface area contributed by atoms with Gasteiger partial charge in [0.2, 0.25) is 0 Å². The lowest BCUT2D eigenvalue weighted by atomic mass is 9.95. The Morgan fingerprint density at radius 1 is 1.61 bits per heavy atom. The van der Waals surface area contributed by atoms with Crippen LogP contribution in [0.25, 0.3) is 0 Å². The van der Waals surface area contributed by atoms with Crippen molar-refractivity contribution in [2.75, 3.05) is 24.6 Å². The smallest absolute Gasteiger partial charge is 0.282 e. The van der Waals surface area contributed by atoms with E-state index in [4.69, 9.17) is 5.11 Å². The van der Waals surface area contributed by atoms with Crippen LogP contribution in [0.15, 0.2) is 15.5 Å². The number of halogens is 1. The highest BCUT2D eigenvalue weighted by Crippen LogP contribution is 2.28. The Kier molecular flexibility index (Phi) is 4.40. The van der Waals surface area contributed by atoms with Crippen LogP contribution < -0.4 is 10.5 Å². The molecule has 0 radical (unpaired) electrons. The highest BCUT2D eigenvalue weighted by Gasteiger charge is 2.22. The zero-order valence-corrected chi connectivity index (χ0v) is 12.1. The lowest BCUT2D eigenvalue weighted by Gasteiger charge is -2.34. The van der Waals surface area contributed by atoms with E-state index in [1.807, 2.05) is 0 Å². The summed E-state index contributed by atoms with van der Waals surface area (Å²) >= 11 is 3.36. The maximum absolute atomic E-state index is 11.8. The standard InChI is InChI=1S/C12H18BrN3O2/c1-15-12(18)11(13)10(7-14-15)16-5-2-3-9(8-16)4-6-17/h7,9,17H,2-6,8H2,1H3. The van der Waals surface area contributed by atoms with Crippen LogP contribution in [0.1, 0.15) is 19.3 Å². The van der Waals surface area contributed by atoms with Gasteiger partial charge in [-0.25, -0.2) is 4.68 Å². The molecule has 1 atom stereocenters. The van der Waals surface area contributed by atoms with Gasteiger partial charge >= 0.3 is 0 Å². The molecule has 18 heavy (non-hydrogen) atoms. The van der Waals surface area contributed by atoms with Crippen molar-refractivity contribution in [1.29, 1.82) is 0 Å². The van der Waals surface area contributed by atoms with Crippen molar-refractivity contribution in [2.24, 2.45) is 13.0 Å². The molecule has 1 unspecified atom stereocenters. The van der Waals surface area contributed by atoms with Gasteiger partial charge in [0.25, 0.3) is 5.56 Å². The third-order valence-electron chi connectivity index (χ3n) is 3.46. The second-order valence-electron chi connectivity index (χ2n) is 4.74. The normalized spacial score (nSPS) is 20.2. The molecule has 1 aromatic rings. The third-order valence-corrected chi connectivity index (χ3v) is 4.20. The summed E-state index contributed by atoms with van der Waals surface area (Å²) in [6.07, 6.45) is 4.79. The number of aliphatic hydroxyl groups excluding tert-OH is 1. The van der Waals surface area contributed by atoms with Crippen molar-refractivity contribution in [3.05, 3.63) is 21.0 Å². The van der Waals surface area contributed by atoms with E-state index in [2.05, 4.69) is 25.9 Å². The molecular formula is C12H18BrN3O2. The maximum atomic E-state index is 11.8. The number of anilines is 1. The fraction of sp³-hybridized carbons (Fsp3) is 0.667. The number of aryl methyl sites for hydroxylation is 1. The summed E-state index contributed by atoms with van der Waals surface area (Å²) in [5.74, 6) is 0.500. The molecule has 1 saturated heterocycles. The van der Waals surface area contributed by atoms with Crippen LogP contribution in [0.5, 0.6) is 0 Å². The van der Waals surface area contributed by atoms with E-state index in [1.165, 1.54) is 4.68 Å². The monoisotopic (exact) mass is 315 g/mol. The fourth-order valence-corrected chi connectivity index (χ4v) is 3.03. The first-order chi connectivity index (χ1) is 8.63. The van der Waals surface area contributed by atoms with Gasteiger partial charge in [0.15, 0.2) is 0 Å². The molecule has 0 aliphatic carbocycles. The predicted octanol–water partition coefficient (Wildman–Crippen LogP) is 1.14. The lowest BCUT2D eigenvalue weighted by molar-refractivity contribution is 0.244. The quantitative estimate of drug-likeness (QED) is 0.909. The topological polar surface area (TPSA) is 58.4 Å². The van der Waals surface area contributed by atoms with Crippen molar-refractivity contribution in [3.8, 4) is 0 Å². The average molecular weight is 316 g/mol. The molecule has 0 saturated carbocycles. The largest absolute Gasteiger partial charge is 0.396 e. The molecule has 0 amide bonds. The minimum absolute atomic E-state index is 0.114. The van der Waals surface area contributed by atoms with E-state index in [0.29, 0.717) is 10.4 Å². The summed E-state index contributed by atoms with van der Waals surface area (Å²) in [7, 11) is 1.64. The molecule has 1 aliphatic heterocycles. The van der Waals surface area contributed by atoms with Crippen molar-refractivity contribution >= 4 is 21.6 Å². The fourth-order valence-electron chi connectivity index (χ4n) is 2.42. The Balaban J connectivity index is 2.21. The van der Waals surface area contributed by atoms with Gasteiger partial charge in [-0.3, -0.25) is 4.79 Å². The van der Waals surface area contributed by atoms with Crippen molar-refractivity contribution in [3.63, 3.8) is 0 Å². The second kappa shape index (κ2) is 5.84. The molecule has 2 rings (SSSR count). The molecule has 1 fully saturated rings. The minimum atomic E-state index is -0.114. The van der Waals surface area contributed by atoms with E-state index in [0.717, 1.165) is 38.0 Å².